The average molecular weight is 145 g/mol. The molecule has 0 aromatic heterocycles. The van der Waals surface area contributed by atoms with Crippen molar-refractivity contribution in [1.29, 1.82) is 0 Å². The molecular formula is H5Cl2Na3. The standard InChI is InChI=1S/2ClH.3Na.3H/h2*1H;;;;;;/q;;3*+1;3*-1. The molecule has 0 N–H and O–H groups in total. The number of halogens is 2. The molecular weight excluding hydrogens is 140 g/mol. The third kappa shape index (κ3) is 18.4. The second-order valence-electron chi connectivity index (χ2n) is 0. The molecule has 0 amide bonds. The molecule has 0 heterocycles. The van der Waals surface area contributed by atoms with E-state index in [2.05, 4.69) is 0 Å². The summed E-state index contributed by atoms with van der Waals surface area (Å²) in [6.07, 6.45) is 0. The normalized spacial score (nSPS) is 0. The Morgan fingerprint density at radius 1 is 0.600 bits per heavy atom. The van der Waals surface area contributed by atoms with Crippen LogP contribution in [0.3, 0.4) is 0 Å². The number of hydrogen-bond donors (Lipinski definition) is 0. The third-order valence-electron chi connectivity index (χ3n) is 0. The molecule has 0 aliphatic carbocycles. The first-order valence-corrected chi connectivity index (χ1v) is 0. The first-order chi connectivity index (χ1) is 0. The van der Waals surface area contributed by atoms with Crippen LogP contribution < -0.4 is 88.7 Å². The molecule has 0 bridgehead atoms. The van der Waals surface area contributed by atoms with Crippen LogP contribution in [0.4, 0.5) is 0 Å². The van der Waals surface area contributed by atoms with Crippen molar-refractivity contribution in [3.63, 3.8) is 0 Å². The Labute approximate surface area is 115 Å². The van der Waals surface area contributed by atoms with Gasteiger partial charge in [0.05, 0.1) is 0 Å². The van der Waals surface area contributed by atoms with E-state index in [0.717, 1.165) is 0 Å². The quantitative estimate of drug-likeness (QED) is 0.297. The van der Waals surface area contributed by atoms with Crippen LogP contribution in [-0.4, -0.2) is 0 Å². The predicted octanol–water partition coefficient (Wildman–Crippen LogP) is -7.81. The summed E-state index contributed by atoms with van der Waals surface area (Å²) in [5, 5.41) is 0. The van der Waals surface area contributed by atoms with Gasteiger partial charge in [0.15, 0.2) is 0 Å². The van der Waals surface area contributed by atoms with Gasteiger partial charge in [0.25, 0.3) is 0 Å². The summed E-state index contributed by atoms with van der Waals surface area (Å²) in [5.74, 6) is 0. The molecule has 0 aliphatic rings. The van der Waals surface area contributed by atoms with Gasteiger partial charge in [-0.15, -0.1) is 24.8 Å². The van der Waals surface area contributed by atoms with E-state index in [1.807, 2.05) is 0 Å². The molecule has 0 spiro atoms. The fraction of sp³-hybridized carbons (Fsp3) is 0. The van der Waals surface area contributed by atoms with E-state index in [0.29, 0.717) is 0 Å². The van der Waals surface area contributed by atoms with E-state index in [-0.39, 0.29) is 118 Å². The Kier molecular flexibility index (Phi) is 197. The van der Waals surface area contributed by atoms with Crippen molar-refractivity contribution in [3.8, 4) is 0 Å². The zero-order valence-electron chi connectivity index (χ0n) is 6.82. The van der Waals surface area contributed by atoms with Crippen LogP contribution in [0.5, 0.6) is 0 Å². The van der Waals surface area contributed by atoms with Crippen LogP contribution in [0, 0.1) is 0 Å². The first kappa shape index (κ1) is 38.5. The van der Waals surface area contributed by atoms with Gasteiger partial charge in [0.1, 0.15) is 0 Å². The maximum absolute atomic E-state index is 0. The SMILES string of the molecule is Cl.Cl.[H-].[H-].[H-].[Na+].[Na+].[Na+]. The van der Waals surface area contributed by atoms with Crippen molar-refractivity contribution in [1.82, 2.24) is 0 Å². The van der Waals surface area contributed by atoms with Crippen molar-refractivity contribution < 1.29 is 93.0 Å². The van der Waals surface area contributed by atoms with Gasteiger partial charge in [-0.3, -0.25) is 0 Å². The molecule has 0 saturated heterocycles. The van der Waals surface area contributed by atoms with Crippen LogP contribution in [0.15, 0.2) is 0 Å². The van der Waals surface area contributed by atoms with E-state index in [9.17, 15) is 0 Å². The molecule has 5 heavy (non-hydrogen) atoms. The first-order valence-electron chi connectivity index (χ1n) is 0. The molecule has 22 valence electrons. The smallest absolute Gasteiger partial charge is 1.00 e. The minimum Gasteiger partial charge on any atom is -1.00 e. The summed E-state index contributed by atoms with van der Waals surface area (Å²) in [4.78, 5) is 0. The summed E-state index contributed by atoms with van der Waals surface area (Å²) < 4.78 is 0. The Balaban J connectivity index is 0. The van der Waals surface area contributed by atoms with Crippen molar-refractivity contribution in [2.24, 2.45) is 0 Å². The predicted molar refractivity (Wildman–Crippen MR) is 17.8 cm³/mol. The number of rotatable bonds is 0. The fourth-order valence-corrected chi connectivity index (χ4v) is 0. The molecule has 0 atom stereocenters. The van der Waals surface area contributed by atoms with Crippen LogP contribution in [-0.2, 0) is 0 Å². The van der Waals surface area contributed by atoms with Gasteiger partial charge < -0.3 is 4.28 Å². The van der Waals surface area contributed by atoms with Gasteiger partial charge in [0.2, 0.25) is 0 Å². The summed E-state index contributed by atoms with van der Waals surface area (Å²) in [6.45, 7) is 0. The second-order valence-corrected chi connectivity index (χ2v) is 0. The number of hydrogen-bond acceptors (Lipinski definition) is 0. The van der Waals surface area contributed by atoms with Gasteiger partial charge in [-0.2, -0.15) is 0 Å². The zero-order valence-corrected chi connectivity index (χ0v) is 11.4. The molecule has 0 nitrogen and oxygen atoms in total. The van der Waals surface area contributed by atoms with Crippen molar-refractivity contribution in [2.45, 2.75) is 0 Å². The summed E-state index contributed by atoms with van der Waals surface area (Å²) in [6, 6.07) is 0. The molecule has 0 aliphatic heterocycles. The molecule has 0 saturated carbocycles. The maximum atomic E-state index is 0. The molecule has 0 fully saturated rings. The summed E-state index contributed by atoms with van der Waals surface area (Å²) in [5.41, 5.74) is 0. The maximum Gasteiger partial charge on any atom is 1.00 e. The Morgan fingerprint density at radius 2 is 0.600 bits per heavy atom. The minimum absolute atomic E-state index is 0. The van der Waals surface area contributed by atoms with Crippen LogP contribution in [0.25, 0.3) is 0 Å². The molecule has 0 aromatic carbocycles. The Bertz CT molecular complexity index is 12.5. The summed E-state index contributed by atoms with van der Waals surface area (Å²) >= 11 is 0. The third-order valence-corrected chi connectivity index (χ3v) is 0. The second kappa shape index (κ2) is 25.6. The van der Waals surface area contributed by atoms with Gasteiger partial charge in [-0.05, 0) is 0 Å². The molecule has 0 rings (SSSR count). The van der Waals surface area contributed by atoms with E-state index in [1.165, 1.54) is 0 Å². The van der Waals surface area contributed by atoms with E-state index < -0.39 is 0 Å². The van der Waals surface area contributed by atoms with E-state index >= 15 is 0 Å². The van der Waals surface area contributed by atoms with E-state index in [1.54, 1.807) is 0 Å². The van der Waals surface area contributed by atoms with Crippen molar-refractivity contribution in [2.75, 3.05) is 0 Å². The molecule has 5 heteroatoms. The average Bonchev–Trinajstić information content (AvgIpc) is 0. The Hall–Kier alpha value is 3.58. The Morgan fingerprint density at radius 3 is 0.600 bits per heavy atom. The van der Waals surface area contributed by atoms with Gasteiger partial charge in [-0.25, -0.2) is 0 Å². The molecule has 0 aromatic rings. The topological polar surface area (TPSA) is 0 Å². The van der Waals surface area contributed by atoms with Crippen molar-refractivity contribution >= 4 is 24.8 Å². The largest absolute Gasteiger partial charge is 1.00 e. The monoisotopic (exact) mass is 144 g/mol. The fourth-order valence-electron chi connectivity index (χ4n) is 0. The molecule has 0 unspecified atom stereocenters. The zero-order chi connectivity index (χ0) is 0. The van der Waals surface area contributed by atoms with Crippen LogP contribution in [0.1, 0.15) is 4.28 Å². The molecule has 0 radical (unpaired) electrons. The summed E-state index contributed by atoms with van der Waals surface area (Å²) in [7, 11) is 0. The van der Waals surface area contributed by atoms with Crippen molar-refractivity contribution in [3.05, 3.63) is 0 Å². The van der Waals surface area contributed by atoms with Crippen LogP contribution in [0.2, 0.25) is 0 Å². The van der Waals surface area contributed by atoms with Gasteiger partial charge in [-0.1, -0.05) is 0 Å². The van der Waals surface area contributed by atoms with Gasteiger partial charge in [0, 0.05) is 0 Å². The van der Waals surface area contributed by atoms with Gasteiger partial charge >= 0.3 is 88.7 Å². The van der Waals surface area contributed by atoms with E-state index in [4.69, 9.17) is 0 Å². The minimum atomic E-state index is 0. The van der Waals surface area contributed by atoms with Crippen LogP contribution >= 0.6 is 24.8 Å².